The van der Waals surface area contributed by atoms with Crippen LogP contribution in [0.5, 0.6) is 0 Å². The highest BCUT2D eigenvalue weighted by molar-refractivity contribution is 14.1. The highest BCUT2D eigenvalue weighted by Gasteiger charge is 2.10. The van der Waals surface area contributed by atoms with E-state index in [1.807, 2.05) is 30.3 Å². The Bertz CT molecular complexity index is 954. The lowest BCUT2D eigenvalue weighted by molar-refractivity contribution is 0.0955. The number of furan rings is 1. The van der Waals surface area contributed by atoms with E-state index in [0.717, 1.165) is 18.0 Å². The molecule has 0 saturated carbocycles. The van der Waals surface area contributed by atoms with Crippen LogP contribution in [-0.2, 0) is 0 Å². The molecule has 0 unspecified atom stereocenters. The fourth-order valence-corrected chi connectivity index (χ4v) is 3.94. The Balaban J connectivity index is 1.64. The van der Waals surface area contributed by atoms with Crippen molar-refractivity contribution in [2.24, 2.45) is 5.10 Å². The summed E-state index contributed by atoms with van der Waals surface area (Å²) in [5.74, 6) is 0.286. The maximum Gasteiger partial charge on any atom is 0.271 e. The maximum atomic E-state index is 12.1. The number of nitrogens with zero attached hydrogens (tertiary/aromatic N) is 1. The predicted molar refractivity (Wildman–Crippen MR) is 116 cm³/mol. The number of benzene rings is 2. The standard InChI is InChI=1S/C19H14BrIN2O2S/c1-12-5-7-16(8-6-12)26-19-17(20)10-15(25-19)11-22-23-18(24)13-3-2-4-14(21)9-13/h2-11H,1H3,(H,23,24)/b22-11-. The normalized spacial score (nSPS) is 11.0. The molecule has 0 aliphatic rings. The van der Waals surface area contributed by atoms with Gasteiger partial charge in [-0.2, -0.15) is 5.10 Å². The molecule has 1 amide bonds. The van der Waals surface area contributed by atoms with Crippen LogP contribution in [0.4, 0.5) is 0 Å². The van der Waals surface area contributed by atoms with Crippen molar-refractivity contribution in [3.05, 3.63) is 79.5 Å². The van der Waals surface area contributed by atoms with E-state index < -0.39 is 0 Å². The van der Waals surface area contributed by atoms with Gasteiger partial charge in [-0.25, -0.2) is 5.43 Å². The van der Waals surface area contributed by atoms with Crippen LogP contribution in [0.15, 0.2) is 78.6 Å². The fraction of sp³-hybridized carbons (Fsp3) is 0.0526. The Labute approximate surface area is 177 Å². The van der Waals surface area contributed by atoms with Gasteiger partial charge in [-0.05, 0) is 75.8 Å². The fourth-order valence-electron chi connectivity index (χ4n) is 2.06. The first-order chi connectivity index (χ1) is 12.5. The molecule has 4 nitrogen and oxygen atoms in total. The average molecular weight is 541 g/mol. The number of aryl methyl sites for hydroxylation is 1. The molecule has 132 valence electrons. The van der Waals surface area contributed by atoms with E-state index in [-0.39, 0.29) is 5.91 Å². The molecular formula is C19H14BrIN2O2S. The minimum absolute atomic E-state index is 0.264. The van der Waals surface area contributed by atoms with Gasteiger partial charge >= 0.3 is 0 Å². The lowest BCUT2D eigenvalue weighted by Crippen LogP contribution is -2.17. The van der Waals surface area contributed by atoms with Gasteiger partial charge in [0.05, 0.1) is 10.7 Å². The summed E-state index contributed by atoms with van der Waals surface area (Å²) in [6.45, 7) is 2.05. The number of hydrogen-bond donors (Lipinski definition) is 1. The van der Waals surface area contributed by atoms with Crippen molar-refractivity contribution in [3.8, 4) is 0 Å². The summed E-state index contributed by atoms with van der Waals surface area (Å²) in [6.07, 6.45) is 1.48. The van der Waals surface area contributed by atoms with Crippen LogP contribution in [0.2, 0.25) is 0 Å². The first-order valence-corrected chi connectivity index (χ1v) is 10.3. The van der Waals surface area contributed by atoms with Crippen LogP contribution in [0.1, 0.15) is 21.7 Å². The van der Waals surface area contributed by atoms with Crippen LogP contribution < -0.4 is 5.43 Å². The molecule has 1 heterocycles. The second kappa shape index (κ2) is 8.88. The minimum Gasteiger partial charge on any atom is -0.447 e. The third kappa shape index (κ3) is 5.21. The summed E-state index contributed by atoms with van der Waals surface area (Å²) in [6, 6.07) is 17.3. The molecule has 3 rings (SSSR count). The van der Waals surface area contributed by atoms with Gasteiger partial charge in [-0.3, -0.25) is 4.79 Å². The Hall–Kier alpha value is -1.58. The smallest absolute Gasteiger partial charge is 0.271 e. The maximum absolute atomic E-state index is 12.1. The quantitative estimate of drug-likeness (QED) is 0.250. The third-order valence-corrected chi connectivity index (χ3v) is 5.87. The summed E-state index contributed by atoms with van der Waals surface area (Å²) >= 11 is 7.17. The average Bonchev–Trinajstić information content (AvgIpc) is 2.96. The number of hydrazone groups is 1. The van der Waals surface area contributed by atoms with E-state index in [1.54, 1.807) is 12.1 Å². The van der Waals surface area contributed by atoms with Gasteiger partial charge in [0.1, 0.15) is 5.76 Å². The SMILES string of the molecule is Cc1ccc(Sc2oc(/C=N\NC(=O)c3cccc(I)c3)cc2Br)cc1. The minimum atomic E-state index is -0.264. The van der Waals surface area contributed by atoms with Gasteiger partial charge in [0.2, 0.25) is 0 Å². The molecule has 26 heavy (non-hydrogen) atoms. The van der Waals surface area contributed by atoms with Crippen LogP contribution >= 0.6 is 50.3 Å². The number of rotatable bonds is 5. The third-order valence-electron chi connectivity index (χ3n) is 3.35. The first-order valence-electron chi connectivity index (χ1n) is 7.64. The topological polar surface area (TPSA) is 54.6 Å². The molecule has 0 atom stereocenters. The molecule has 7 heteroatoms. The zero-order valence-corrected chi connectivity index (χ0v) is 18.3. The number of hydrogen-bond acceptors (Lipinski definition) is 4. The molecule has 0 bridgehead atoms. The van der Waals surface area contributed by atoms with E-state index in [1.165, 1.54) is 23.5 Å². The summed E-state index contributed by atoms with van der Waals surface area (Å²) < 4.78 is 7.60. The summed E-state index contributed by atoms with van der Waals surface area (Å²) in [4.78, 5) is 13.1. The van der Waals surface area contributed by atoms with Crippen LogP contribution in [0, 0.1) is 10.5 Å². The molecule has 0 spiro atoms. The van der Waals surface area contributed by atoms with E-state index >= 15 is 0 Å². The van der Waals surface area contributed by atoms with Gasteiger partial charge in [-0.15, -0.1) is 0 Å². The lowest BCUT2D eigenvalue weighted by atomic mass is 10.2. The Kier molecular flexibility index (Phi) is 6.55. The van der Waals surface area contributed by atoms with Gasteiger partial charge in [-0.1, -0.05) is 35.5 Å². The lowest BCUT2D eigenvalue weighted by Gasteiger charge is -2.00. The molecule has 1 aromatic heterocycles. The highest BCUT2D eigenvalue weighted by Crippen LogP contribution is 2.35. The second-order valence-corrected chi connectivity index (χ2v) is 8.56. The van der Waals surface area contributed by atoms with Crippen molar-refractivity contribution >= 4 is 62.4 Å². The van der Waals surface area contributed by atoms with Crippen molar-refractivity contribution in [2.75, 3.05) is 0 Å². The molecule has 1 N–H and O–H groups in total. The van der Waals surface area contributed by atoms with E-state index in [4.69, 9.17) is 4.42 Å². The Morgan fingerprint density at radius 3 is 2.73 bits per heavy atom. The number of amides is 1. The summed E-state index contributed by atoms with van der Waals surface area (Å²) in [5.41, 5.74) is 4.28. The van der Waals surface area contributed by atoms with Crippen molar-refractivity contribution in [1.82, 2.24) is 5.43 Å². The molecule has 0 aliphatic carbocycles. The van der Waals surface area contributed by atoms with E-state index in [0.29, 0.717) is 11.3 Å². The molecule has 0 saturated heterocycles. The van der Waals surface area contributed by atoms with Crippen molar-refractivity contribution in [3.63, 3.8) is 0 Å². The number of carbonyl (C=O) groups is 1. The number of halogens is 2. The molecule has 2 aromatic carbocycles. The second-order valence-electron chi connectivity index (χ2n) is 5.41. The largest absolute Gasteiger partial charge is 0.447 e. The number of nitrogens with one attached hydrogen (secondary N) is 1. The molecule has 0 fully saturated rings. The highest BCUT2D eigenvalue weighted by atomic mass is 127. The zero-order valence-electron chi connectivity index (χ0n) is 13.7. The number of carbonyl (C=O) groups excluding carboxylic acids is 1. The van der Waals surface area contributed by atoms with Crippen LogP contribution in [0.3, 0.4) is 0 Å². The summed E-state index contributed by atoms with van der Waals surface area (Å²) in [5, 5.41) is 4.71. The molecule has 3 aromatic rings. The zero-order chi connectivity index (χ0) is 18.5. The Morgan fingerprint density at radius 1 is 1.23 bits per heavy atom. The van der Waals surface area contributed by atoms with Gasteiger partial charge in [0, 0.05) is 20.1 Å². The monoisotopic (exact) mass is 540 g/mol. The van der Waals surface area contributed by atoms with Crippen LogP contribution in [0.25, 0.3) is 0 Å². The first kappa shape index (κ1) is 19.2. The van der Waals surface area contributed by atoms with Crippen molar-refractivity contribution < 1.29 is 9.21 Å². The molecule has 0 aliphatic heterocycles. The van der Waals surface area contributed by atoms with Crippen LogP contribution in [-0.4, -0.2) is 12.1 Å². The van der Waals surface area contributed by atoms with E-state index in [2.05, 4.69) is 68.1 Å². The summed E-state index contributed by atoms with van der Waals surface area (Å²) in [7, 11) is 0. The van der Waals surface area contributed by atoms with Crippen molar-refractivity contribution in [1.29, 1.82) is 0 Å². The van der Waals surface area contributed by atoms with Gasteiger partial charge in [0.25, 0.3) is 5.91 Å². The van der Waals surface area contributed by atoms with Crippen molar-refractivity contribution in [2.45, 2.75) is 16.9 Å². The molecule has 0 radical (unpaired) electrons. The van der Waals surface area contributed by atoms with Gasteiger partial charge in [0.15, 0.2) is 5.09 Å². The Morgan fingerprint density at radius 2 is 2.00 bits per heavy atom. The van der Waals surface area contributed by atoms with Gasteiger partial charge < -0.3 is 4.42 Å². The predicted octanol–water partition coefficient (Wildman–Crippen LogP) is 5.87. The molecular weight excluding hydrogens is 527 g/mol. The van der Waals surface area contributed by atoms with E-state index in [9.17, 15) is 4.79 Å².